The fourth-order valence-electron chi connectivity index (χ4n) is 2.68. The van der Waals surface area contributed by atoms with Crippen molar-refractivity contribution in [3.8, 4) is 5.75 Å². The highest BCUT2D eigenvalue weighted by Gasteiger charge is 2.23. The monoisotopic (exact) mass is 266 g/mol. The van der Waals surface area contributed by atoms with Gasteiger partial charge in [-0.25, -0.2) is 4.39 Å². The smallest absolute Gasteiger partial charge is 0.169 e. The molecule has 3 nitrogen and oxygen atoms in total. The largest absolute Gasteiger partial charge is 0.494 e. The molecule has 4 heteroatoms. The summed E-state index contributed by atoms with van der Waals surface area (Å²) in [4.78, 5) is 2.37. The predicted octanol–water partition coefficient (Wildman–Crippen LogP) is 2.41. The van der Waals surface area contributed by atoms with Gasteiger partial charge >= 0.3 is 0 Å². The van der Waals surface area contributed by atoms with E-state index in [4.69, 9.17) is 4.74 Å². The third-order valence-electron chi connectivity index (χ3n) is 3.70. The maximum atomic E-state index is 14.2. The van der Waals surface area contributed by atoms with Gasteiger partial charge < -0.3 is 10.1 Å². The summed E-state index contributed by atoms with van der Waals surface area (Å²) in [5.74, 6) is 0.107. The van der Waals surface area contributed by atoms with E-state index in [1.165, 1.54) is 7.11 Å². The molecule has 19 heavy (non-hydrogen) atoms. The Morgan fingerprint density at radius 2 is 2.32 bits per heavy atom. The van der Waals surface area contributed by atoms with Gasteiger partial charge in [-0.15, -0.1) is 0 Å². The second kappa shape index (κ2) is 6.87. The van der Waals surface area contributed by atoms with Gasteiger partial charge in [0.2, 0.25) is 0 Å². The van der Waals surface area contributed by atoms with E-state index < -0.39 is 0 Å². The molecule has 0 aromatic heterocycles. The SMILES string of the molecule is CCCN(Cc1cccc(OC)c1F)C1CCNC1. The van der Waals surface area contributed by atoms with Crippen LogP contribution in [0.3, 0.4) is 0 Å². The molecule has 2 rings (SSSR count). The average Bonchev–Trinajstić information content (AvgIpc) is 2.94. The van der Waals surface area contributed by atoms with Crippen molar-refractivity contribution in [3.63, 3.8) is 0 Å². The lowest BCUT2D eigenvalue weighted by Gasteiger charge is -2.28. The van der Waals surface area contributed by atoms with Crippen LogP contribution in [0.15, 0.2) is 18.2 Å². The number of nitrogens with zero attached hydrogens (tertiary/aromatic N) is 1. The molecule has 0 saturated carbocycles. The summed E-state index contributed by atoms with van der Waals surface area (Å²) in [6.07, 6.45) is 2.23. The number of benzene rings is 1. The van der Waals surface area contributed by atoms with E-state index in [1.54, 1.807) is 6.07 Å². The van der Waals surface area contributed by atoms with E-state index in [0.717, 1.165) is 38.0 Å². The van der Waals surface area contributed by atoms with Gasteiger partial charge in [-0.05, 0) is 32.0 Å². The molecule has 1 heterocycles. The molecule has 1 fully saturated rings. The lowest BCUT2D eigenvalue weighted by molar-refractivity contribution is 0.196. The lowest BCUT2D eigenvalue weighted by Crippen LogP contribution is -2.37. The van der Waals surface area contributed by atoms with E-state index in [1.807, 2.05) is 12.1 Å². The predicted molar refractivity (Wildman–Crippen MR) is 74.9 cm³/mol. The number of rotatable bonds is 6. The number of ether oxygens (including phenoxy) is 1. The van der Waals surface area contributed by atoms with Crippen molar-refractivity contribution in [1.82, 2.24) is 10.2 Å². The van der Waals surface area contributed by atoms with E-state index in [9.17, 15) is 4.39 Å². The Labute approximate surface area is 114 Å². The van der Waals surface area contributed by atoms with E-state index >= 15 is 0 Å². The number of hydrogen-bond acceptors (Lipinski definition) is 3. The first-order valence-corrected chi connectivity index (χ1v) is 7.02. The van der Waals surface area contributed by atoms with Gasteiger partial charge in [-0.2, -0.15) is 0 Å². The highest BCUT2D eigenvalue weighted by Crippen LogP contribution is 2.22. The molecule has 1 aliphatic heterocycles. The third-order valence-corrected chi connectivity index (χ3v) is 3.70. The second-order valence-corrected chi connectivity index (χ2v) is 5.05. The number of halogens is 1. The maximum Gasteiger partial charge on any atom is 0.169 e. The van der Waals surface area contributed by atoms with Gasteiger partial charge in [0.05, 0.1) is 7.11 Å². The van der Waals surface area contributed by atoms with Crippen molar-refractivity contribution in [2.24, 2.45) is 0 Å². The Balaban J connectivity index is 2.11. The molecule has 0 radical (unpaired) electrons. The van der Waals surface area contributed by atoms with Crippen LogP contribution in [0.5, 0.6) is 5.75 Å². The molecular weight excluding hydrogens is 243 g/mol. The highest BCUT2D eigenvalue weighted by atomic mass is 19.1. The van der Waals surface area contributed by atoms with E-state index in [2.05, 4.69) is 17.1 Å². The van der Waals surface area contributed by atoms with Crippen LogP contribution in [0.1, 0.15) is 25.3 Å². The van der Waals surface area contributed by atoms with Crippen molar-refractivity contribution in [2.45, 2.75) is 32.4 Å². The van der Waals surface area contributed by atoms with Crippen LogP contribution >= 0.6 is 0 Å². The highest BCUT2D eigenvalue weighted by molar-refractivity contribution is 5.31. The summed E-state index contributed by atoms with van der Waals surface area (Å²) in [6.45, 7) is 5.89. The average molecular weight is 266 g/mol. The van der Waals surface area contributed by atoms with Crippen molar-refractivity contribution in [1.29, 1.82) is 0 Å². The quantitative estimate of drug-likeness (QED) is 0.855. The molecule has 1 aliphatic rings. The van der Waals surface area contributed by atoms with Crippen LogP contribution < -0.4 is 10.1 Å². The van der Waals surface area contributed by atoms with Crippen LogP contribution in [0.4, 0.5) is 4.39 Å². The molecule has 0 bridgehead atoms. The number of methoxy groups -OCH3 is 1. The topological polar surface area (TPSA) is 24.5 Å². The summed E-state index contributed by atoms with van der Waals surface area (Å²) in [5.41, 5.74) is 0.722. The van der Waals surface area contributed by atoms with Gasteiger partial charge in [0.1, 0.15) is 0 Å². The molecule has 0 spiro atoms. The third kappa shape index (κ3) is 3.45. The fraction of sp³-hybridized carbons (Fsp3) is 0.600. The van der Waals surface area contributed by atoms with Crippen LogP contribution in [-0.2, 0) is 6.54 Å². The van der Waals surface area contributed by atoms with Crippen molar-refractivity contribution in [2.75, 3.05) is 26.7 Å². The Hall–Kier alpha value is -1.13. The molecule has 1 unspecified atom stereocenters. The summed E-state index contributed by atoms with van der Waals surface area (Å²) < 4.78 is 19.2. The van der Waals surface area contributed by atoms with Crippen LogP contribution in [0, 0.1) is 5.82 Å². The summed E-state index contributed by atoms with van der Waals surface area (Å²) in [6, 6.07) is 5.89. The minimum Gasteiger partial charge on any atom is -0.494 e. The van der Waals surface area contributed by atoms with Gasteiger partial charge in [0.15, 0.2) is 11.6 Å². The first kappa shape index (κ1) is 14.3. The normalized spacial score (nSPS) is 19.1. The molecule has 1 atom stereocenters. The maximum absolute atomic E-state index is 14.2. The Kier molecular flexibility index (Phi) is 5.16. The van der Waals surface area contributed by atoms with Crippen LogP contribution in [0.25, 0.3) is 0 Å². The van der Waals surface area contributed by atoms with E-state index in [0.29, 0.717) is 18.3 Å². The lowest BCUT2D eigenvalue weighted by atomic mass is 10.1. The van der Waals surface area contributed by atoms with E-state index in [-0.39, 0.29) is 5.82 Å². The summed E-state index contributed by atoms with van der Waals surface area (Å²) in [7, 11) is 1.51. The van der Waals surface area contributed by atoms with Gasteiger partial charge in [0, 0.05) is 24.7 Å². The van der Waals surface area contributed by atoms with Crippen molar-refractivity contribution >= 4 is 0 Å². The van der Waals surface area contributed by atoms with Gasteiger partial charge in [-0.1, -0.05) is 19.1 Å². The Bertz CT molecular complexity index is 405. The second-order valence-electron chi connectivity index (χ2n) is 5.05. The Morgan fingerprint density at radius 3 is 2.95 bits per heavy atom. The van der Waals surface area contributed by atoms with Gasteiger partial charge in [-0.3, -0.25) is 4.90 Å². The molecule has 1 saturated heterocycles. The summed E-state index contributed by atoms with van der Waals surface area (Å²) in [5, 5.41) is 3.37. The molecule has 1 aromatic rings. The number of nitrogens with one attached hydrogen (secondary N) is 1. The number of hydrogen-bond donors (Lipinski definition) is 1. The zero-order valence-corrected chi connectivity index (χ0v) is 11.8. The molecule has 1 aromatic carbocycles. The fourth-order valence-corrected chi connectivity index (χ4v) is 2.68. The minimum absolute atomic E-state index is 0.225. The molecule has 1 N–H and O–H groups in total. The molecular formula is C15H23FN2O. The zero-order valence-electron chi connectivity index (χ0n) is 11.8. The summed E-state index contributed by atoms with van der Waals surface area (Å²) >= 11 is 0. The van der Waals surface area contributed by atoms with Crippen LogP contribution in [0.2, 0.25) is 0 Å². The Morgan fingerprint density at radius 1 is 1.47 bits per heavy atom. The first-order valence-electron chi connectivity index (χ1n) is 7.02. The first-order chi connectivity index (χ1) is 9.26. The standard InChI is InChI=1S/C15H23FN2O/c1-3-9-18(13-7-8-17-10-13)11-12-5-4-6-14(19-2)15(12)16/h4-6,13,17H,3,7-11H2,1-2H3. The van der Waals surface area contributed by atoms with Crippen molar-refractivity contribution in [3.05, 3.63) is 29.6 Å². The molecule has 0 amide bonds. The van der Waals surface area contributed by atoms with Crippen molar-refractivity contribution < 1.29 is 9.13 Å². The molecule has 0 aliphatic carbocycles. The minimum atomic E-state index is -0.225. The molecule has 106 valence electrons. The van der Waals surface area contributed by atoms with Crippen LogP contribution in [-0.4, -0.2) is 37.7 Å². The van der Waals surface area contributed by atoms with Gasteiger partial charge in [0.25, 0.3) is 0 Å². The zero-order chi connectivity index (χ0) is 13.7.